The summed E-state index contributed by atoms with van der Waals surface area (Å²) in [7, 11) is -0.867. The SMILES string of the molecule is CCNC(=NCCS(=O)C(C)(C)C)NC1CCN(c2ccc(C(C)(C)C)cc2)CC1.I. The van der Waals surface area contributed by atoms with Crippen molar-refractivity contribution in [3.8, 4) is 0 Å². The van der Waals surface area contributed by atoms with Gasteiger partial charge in [0.25, 0.3) is 0 Å². The van der Waals surface area contributed by atoms with Gasteiger partial charge in [0, 0.05) is 52.7 Å². The van der Waals surface area contributed by atoms with Crippen LogP contribution in [-0.2, 0) is 16.2 Å². The Hall–Kier alpha value is -0.830. The number of nitrogens with zero attached hydrogens (tertiary/aromatic N) is 2. The summed E-state index contributed by atoms with van der Waals surface area (Å²) >= 11 is 0. The number of anilines is 1. The summed E-state index contributed by atoms with van der Waals surface area (Å²) in [4.78, 5) is 7.13. The zero-order chi connectivity index (χ0) is 22.4. The smallest absolute Gasteiger partial charge is 0.191 e. The number of halogens is 1. The standard InChI is InChI=1S/C24H42N4OS.HI/c1-8-25-22(26-15-18-30(29)24(5,6)7)27-20-13-16-28(17-14-20)21-11-9-19(10-12-21)23(2,3)4;/h9-12,20H,8,13-18H2,1-7H3,(H2,25,26,27);1H. The number of rotatable bonds is 6. The molecule has 0 aliphatic carbocycles. The van der Waals surface area contributed by atoms with Crippen LogP contribution in [0.25, 0.3) is 0 Å². The lowest BCUT2D eigenvalue weighted by atomic mass is 9.87. The van der Waals surface area contributed by atoms with Crippen LogP contribution in [0, 0.1) is 0 Å². The van der Waals surface area contributed by atoms with E-state index in [1.807, 2.05) is 20.8 Å². The Bertz CT molecular complexity index is 715. The molecular weight excluding hydrogens is 519 g/mol. The molecule has 1 unspecified atom stereocenters. The third kappa shape index (κ3) is 9.28. The Balaban J connectivity index is 0.00000480. The maximum absolute atomic E-state index is 12.2. The van der Waals surface area contributed by atoms with Gasteiger partial charge in [-0.25, -0.2) is 0 Å². The summed E-state index contributed by atoms with van der Waals surface area (Å²) in [5.41, 5.74) is 2.88. The zero-order valence-electron chi connectivity index (χ0n) is 20.5. The van der Waals surface area contributed by atoms with E-state index in [1.165, 1.54) is 11.3 Å². The molecule has 0 radical (unpaired) electrons. The molecule has 178 valence electrons. The van der Waals surface area contributed by atoms with E-state index >= 15 is 0 Å². The molecule has 1 saturated heterocycles. The van der Waals surface area contributed by atoms with E-state index in [4.69, 9.17) is 0 Å². The van der Waals surface area contributed by atoms with Gasteiger partial charge < -0.3 is 15.5 Å². The number of benzene rings is 1. The minimum atomic E-state index is -0.867. The molecule has 0 amide bonds. The van der Waals surface area contributed by atoms with Crippen LogP contribution in [0.2, 0.25) is 0 Å². The number of nitrogens with one attached hydrogen (secondary N) is 2. The van der Waals surface area contributed by atoms with Crippen LogP contribution in [0.5, 0.6) is 0 Å². The Labute approximate surface area is 209 Å². The van der Waals surface area contributed by atoms with Crippen LogP contribution in [0.3, 0.4) is 0 Å². The molecular formula is C24H43IN4OS. The van der Waals surface area contributed by atoms with Crippen molar-refractivity contribution in [1.29, 1.82) is 0 Å². The molecule has 0 spiro atoms. The molecule has 0 aromatic heterocycles. The largest absolute Gasteiger partial charge is 0.371 e. The normalized spacial score (nSPS) is 17.1. The molecule has 1 aromatic carbocycles. The molecule has 1 aliphatic heterocycles. The predicted octanol–water partition coefficient (Wildman–Crippen LogP) is 4.67. The highest BCUT2D eigenvalue weighted by molar-refractivity contribution is 14.0. The minimum absolute atomic E-state index is 0. The van der Waals surface area contributed by atoms with Crippen molar-refractivity contribution in [2.75, 3.05) is 36.8 Å². The van der Waals surface area contributed by atoms with Gasteiger partial charge in [-0.1, -0.05) is 32.9 Å². The maximum atomic E-state index is 12.2. The first kappa shape index (κ1) is 28.2. The highest BCUT2D eigenvalue weighted by atomic mass is 127. The summed E-state index contributed by atoms with van der Waals surface area (Å²) in [5, 5.41) is 6.92. The number of guanidine groups is 1. The molecule has 1 heterocycles. The Morgan fingerprint density at radius 2 is 1.68 bits per heavy atom. The summed E-state index contributed by atoms with van der Waals surface area (Å²) < 4.78 is 12.1. The molecule has 2 N–H and O–H groups in total. The van der Waals surface area contributed by atoms with Gasteiger partial charge in [-0.3, -0.25) is 9.20 Å². The Kier molecular flexibility index (Phi) is 11.3. The Morgan fingerprint density at radius 1 is 1.10 bits per heavy atom. The molecule has 0 bridgehead atoms. The predicted molar refractivity (Wildman–Crippen MR) is 148 cm³/mol. The Morgan fingerprint density at radius 3 is 2.16 bits per heavy atom. The van der Waals surface area contributed by atoms with E-state index < -0.39 is 10.8 Å². The van der Waals surface area contributed by atoms with Crippen LogP contribution in [0.4, 0.5) is 5.69 Å². The van der Waals surface area contributed by atoms with Crippen LogP contribution in [-0.4, -0.2) is 52.9 Å². The summed E-state index contributed by atoms with van der Waals surface area (Å²) in [6.07, 6.45) is 2.17. The van der Waals surface area contributed by atoms with E-state index in [2.05, 4.69) is 72.5 Å². The van der Waals surface area contributed by atoms with Crippen molar-refractivity contribution >= 4 is 46.4 Å². The third-order valence-electron chi connectivity index (χ3n) is 5.51. The molecule has 0 saturated carbocycles. The number of aliphatic imine (C=N–C) groups is 1. The molecule has 1 fully saturated rings. The molecule has 7 heteroatoms. The lowest BCUT2D eigenvalue weighted by Gasteiger charge is -2.35. The highest BCUT2D eigenvalue weighted by Gasteiger charge is 2.22. The molecule has 5 nitrogen and oxygen atoms in total. The average molecular weight is 563 g/mol. The van der Waals surface area contributed by atoms with Crippen LogP contribution >= 0.6 is 24.0 Å². The van der Waals surface area contributed by atoms with Gasteiger partial charge in [0.05, 0.1) is 6.54 Å². The molecule has 2 rings (SSSR count). The van der Waals surface area contributed by atoms with Crippen LogP contribution < -0.4 is 15.5 Å². The number of piperidine rings is 1. The van der Waals surface area contributed by atoms with Crippen molar-refractivity contribution in [3.05, 3.63) is 29.8 Å². The topological polar surface area (TPSA) is 56.7 Å². The van der Waals surface area contributed by atoms with Crippen molar-refractivity contribution in [2.24, 2.45) is 4.99 Å². The average Bonchev–Trinajstić information content (AvgIpc) is 2.67. The summed E-state index contributed by atoms with van der Waals surface area (Å²) in [6.45, 7) is 18.4. The monoisotopic (exact) mass is 562 g/mol. The quantitative estimate of drug-likeness (QED) is 0.301. The summed E-state index contributed by atoms with van der Waals surface area (Å²) in [5.74, 6) is 1.44. The van der Waals surface area contributed by atoms with Crippen molar-refractivity contribution in [1.82, 2.24) is 10.6 Å². The van der Waals surface area contributed by atoms with Crippen molar-refractivity contribution in [2.45, 2.75) is 77.5 Å². The first-order valence-electron chi connectivity index (χ1n) is 11.3. The van der Waals surface area contributed by atoms with Gasteiger partial charge in [0.2, 0.25) is 0 Å². The fourth-order valence-corrected chi connectivity index (χ4v) is 4.38. The number of hydrogen-bond donors (Lipinski definition) is 2. The van der Waals surface area contributed by atoms with E-state index in [1.54, 1.807) is 0 Å². The van der Waals surface area contributed by atoms with E-state index in [0.29, 0.717) is 18.3 Å². The van der Waals surface area contributed by atoms with Gasteiger partial charge in [-0.2, -0.15) is 0 Å². The van der Waals surface area contributed by atoms with Crippen molar-refractivity contribution in [3.63, 3.8) is 0 Å². The summed E-state index contributed by atoms with van der Waals surface area (Å²) in [6, 6.07) is 9.46. The number of hydrogen-bond acceptors (Lipinski definition) is 3. The van der Waals surface area contributed by atoms with E-state index in [0.717, 1.165) is 38.4 Å². The lowest BCUT2D eigenvalue weighted by molar-refractivity contribution is 0.461. The lowest BCUT2D eigenvalue weighted by Crippen LogP contribution is -2.49. The first-order valence-corrected chi connectivity index (χ1v) is 12.6. The highest BCUT2D eigenvalue weighted by Crippen LogP contribution is 2.26. The second-order valence-electron chi connectivity index (χ2n) is 10.1. The van der Waals surface area contributed by atoms with Crippen LogP contribution in [0.15, 0.2) is 29.3 Å². The molecule has 31 heavy (non-hydrogen) atoms. The van der Waals surface area contributed by atoms with Gasteiger partial charge in [0.1, 0.15) is 0 Å². The van der Waals surface area contributed by atoms with Crippen molar-refractivity contribution < 1.29 is 4.21 Å². The van der Waals surface area contributed by atoms with E-state index in [-0.39, 0.29) is 34.1 Å². The zero-order valence-corrected chi connectivity index (χ0v) is 23.6. The third-order valence-corrected chi connectivity index (χ3v) is 7.43. The van der Waals surface area contributed by atoms with Gasteiger partial charge in [0.15, 0.2) is 5.96 Å². The first-order chi connectivity index (χ1) is 14.0. The fraction of sp³-hybridized carbons (Fsp3) is 0.708. The van der Waals surface area contributed by atoms with Gasteiger partial charge in [-0.15, -0.1) is 24.0 Å². The van der Waals surface area contributed by atoms with E-state index in [9.17, 15) is 4.21 Å². The molecule has 1 aliphatic rings. The van der Waals surface area contributed by atoms with Gasteiger partial charge in [-0.05, 0) is 63.6 Å². The minimum Gasteiger partial charge on any atom is -0.371 e. The van der Waals surface area contributed by atoms with Gasteiger partial charge >= 0.3 is 0 Å². The second kappa shape index (κ2) is 12.4. The molecule has 1 atom stereocenters. The van der Waals surface area contributed by atoms with Crippen LogP contribution in [0.1, 0.15) is 66.9 Å². The fourth-order valence-electron chi connectivity index (χ4n) is 3.51. The second-order valence-corrected chi connectivity index (χ2v) is 12.4. The maximum Gasteiger partial charge on any atom is 0.191 e. The molecule has 1 aromatic rings.